The number of rotatable bonds is 19. The van der Waals surface area contributed by atoms with Gasteiger partial charge in [-0.15, -0.1) is 40.9 Å². The van der Waals surface area contributed by atoms with Crippen molar-refractivity contribution < 1.29 is 58.4 Å². The summed E-state index contributed by atoms with van der Waals surface area (Å²) in [4.78, 5) is 90.0. The van der Waals surface area contributed by atoms with E-state index in [2.05, 4.69) is 80.1 Å². The monoisotopic (exact) mass is 1800 g/mol. The Morgan fingerprint density at radius 3 is 1.05 bits per heavy atom. The summed E-state index contributed by atoms with van der Waals surface area (Å²) < 4.78 is 18.3. The molecular weight excluding hydrogens is 1730 g/mol. The van der Waals surface area contributed by atoms with Crippen LogP contribution < -0.4 is 38.5 Å². The Kier molecular flexibility index (Phi) is 25.8. The Morgan fingerprint density at radius 2 is 0.644 bits per heavy atom. The van der Waals surface area contributed by atoms with Crippen molar-refractivity contribution in [2.24, 2.45) is 58.1 Å². The van der Waals surface area contributed by atoms with Gasteiger partial charge in [0.15, 0.2) is 38.0 Å². The Morgan fingerprint density at radius 1 is 0.326 bits per heavy atom. The Labute approximate surface area is 759 Å². The van der Waals surface area contributed by atoms with Crippen LogP contribution in [-0.2, 0) is 0 Å². The Hall–Kier alpha value is -18.3. The van der Waals surface area contributed by atoms with E-state index in [4.69, 9.17) is 28.2 Å². The number of hydrogen-bond acceptors (Lipinski definition) is 26. The number of nitrogens with one attached hydrogen (secondary N) is 4. The second-order valence-electron chi connectivity index (χ2n) is 28.8. The number of phenols is 4. The summed E-state index contributed by atoms with van der Waals surface area (Å²) in [6.07, 6.45) is 0. The highest BCUT2D eigenvalue weighted by atomic mass is 32.1. The Balaban J connectivity index is 0.000000129. The summed E-state index contributed by atoms with van der Waals surface area (Å²) in [5.41, 5.74) is 22.7. The largest absolute Gasteiger partial charge is 0.505 e. The van der Waals surface area contributed by atoms with E-state index in [9.17, 15) is 54.0 Å². The molecule has 0 saturated carbocycles. The third-order valence-corrected chi connectivity index (χ3v) is 22.6. The average Bonchev–Trinajstić information content (AvgIpc) is 1.10. The maximum Gasteiger partial charge on any atom is 0.286 e. The fraction of sp³-hybridized carbons (Fsp3) is 0.0102. The number of furan rings is 1. The van der Waals surface area contributed by atoms with Crippen LogP contribution in [0.15, 0.2) is 349 Å². The number of nitrogens with two attached hydrogens (primary N) is 3. The van der Waals surface area contributed by atoms with Crippen molar-refractivity contribution in [3.05, 3.63) is 360 Å². The molecule has 0 spiro atoms. The lowest BCUT2D eigenvalue weighted by molar-refractivity contribution is 0.0972. The molecule has 7 amide bonds. The molecule has 0 atom stereocenters. The topological polar surface area (TPSA) is 482 Å². The predicted molar refractivity (Wildman–Crippen MR) is 511 cm³/mol. The van der Waals surface area contributed by atoms with Gasteiger partial charge in [0.2, 0.25) is 23.3 Å². The van der Waals surface area contributed by atoms with Gasteiger partial charge in [0.05, 0.1) is 45.6 Å². The van der Waals surface area contributed by atoms with Crippen LogP contribution in [0.4, 0.5) is 71.9 Å². The van der Waals surface area contributed by atoms with Gasteiger partial charge in [-0.1, -0.05) is 176 Å². The fourth-order valence-electron chi connectivity index (χ4n) is 13.8. The summed E-state index contributed by atoms with van der Waals surface area (Å²) in [5, 5.41) is 97.7. The molecule has 0 fully saturated rings. The third-order valence-electron chi connectivity index (χ3n) is 20.3. The number of carbonyl (C=O) groups is 7. The molecule has 0 saturated heterocycles. The highest BCUT2D eigenvalue weighted by molar-refractivity contribution is 7.12. The number of anilines is 4. The molecule has 644 valence electrons. The van der Waals surface area contributed by atoms with Gasteiger partial charge in [-0.2, -0.15) is 8.75 Å². The maximum absolute atomic E-state index is 13.1. The SMILES string of the molecule is NC(=O)c1ccc(NC(=O)c2cc3ccccc3c(N=Nc3snc4ccc(C(N)=O)cc34)c2O)cc1.NC(=O)c1oc2ccccc2c1N=Nc1c(O)c(C(=O)Nc2ccccc2)cc2ccccc12.O=C(Nc1ccccc1)c1cc2ccccc2c(N=Nc2snc3ccccc23)c1O.[C-]#[N+]c1c(C)nsc1N=Nc1c(O)c(C(=O)Nc2ccccc2)cc2ccccc12. The highest BCUT2D eigenvalue weighted by Crippen LogP contribution is 2.47. The van der Waals surface area contributed by atoms with Crippen LogP contribution in [0.3, 0.4) is 0 Å². The molecule has 0 bridgehead atoms. The van der Waals surface area contributed by atoms with Crippen LogP contribution in [0, 0.1) is 13.5 Å². The molecule has 4 aromatic heterocycles. The lowest BCUT2D eigenvalue weighted by Crippen LogP contribution is -2.13. The minimum absolute atomic E-state index is 0.0168. The molecule has 0 unspecified atom stereocenters. The Bertz CT molecular complexity index is 7960. The van der Waals surface area contributed by atoms with E-state index in [1.54, 1.807) is 171 Å². The molecule has 0 aliphatic heterocycles. The highest BCUT2D eigenvalue weighted by Gasteiger charge is 2.26. The van der Waals surface area contributed by atoms with Gasteiger partial charge in [-0.3, -0.25) is 33.6 Å². The van der Waals surface area contributed by atoms with Gasteiger partial charge in [0, 0.05) is 71.6 Å². The number of aromatic nitrogens is 3. The van der Waals surface area contributed by atoms with Gasteiger partial charge < -0.3 is 63.3 Å². The van der Waals surface area contributed by atoms with E-state index >= 15 is 0 Å². The van der Waals surface area contributed by atoms with Crippen LogP contribution in [0.2, 0.25) is 0 Å². The minimum Gasteiger partial charge on any atom is -0.505 e. The van der Waals surface area contributed by atoms with Crippen molar-refractivity contribution in [1.29, 1.82) is 0 Å². The molecule has 0 aliphatic carbocycles. The molecule has 0 radical (unpaired) electrons. The van der Waals surface area contributed by atoms with E-state index in [0.29, 0.717) is 114 Å². The van der Waals surface area contributed by atoms with E-state index in [-0.39, 0.29) is 79.4 Å². The number of amides is 7. The van der Waals surface area contributed by atoms with Gasteiger partial charge in [-0.25, -0.2) is 9.22 Å². The van der Waals surface area contributed by atoms with Crippen molar-refractivity contribution in [3.63, 3.8) is 0 Å². The standard InChI is InChI=1S/C26H18N6O4S.C26H18N4O4.C24H16N4O2S.C22H15N5O2S/c27-23(34)13-5-8-16(9-6-13)29-25(36)19-11-14-3-1-2-4-17(14)21(22(19)33)30-31-26-18-12-15(24(28)35)7-10-20(18)32-37-26;27-25(32)24-22(18-12-6-7-13-20(18)34-24)30-29-21-17-11-5-4-8-15(17)14-19(23(21)31)26(33)28-16-9-2-1-3-10-16;29-22-19(23(30)25-16-9-2-1-3-10-16)14-15-8-4-5-11-17(15)21(22)26-27-24-18-12-6-7-13-20(18)28-31-24;1-13-18(23-2)22(30-27-13)26-25-19-16-11-7-6-8-14(16)12-17(20(19)28)21(29)24-15-9-4-3-5-10-15/h1-12,33H,(H2,27,34)(H2,28,35)(H,29,36);1-14,31H,(H2,27,32)(H,28,33);1-14,29H,(H,25,30);3-12,28H,1H3,(H,24,29). The van der Waals surface area contributed by atoms with Gasteiger partial charge in [-0.05, 0) is 190 Å². The summed E-state index contributed by atoms with van der Waals surface area (Å²) in [6, 6.07) is 87.8. The van der Waals surface area contributed by atoms with Crippen molar-refractivity contribution in [1.82, 2.24) is 13.1 Å². The molecule has 0 aliphatic rings. The fourth-order valence-corrected chi connectivity index (χ4v) is 15.8. The molecule has 132 heavy (non-hydrogen) atoms. The van der Waals surface area contributed by atoms with Crippen LogP contribution in [0.1, 0.15) is 78.4 Å². The first kappa shape index (κ1) is 87.2. The van der Waals surface area contributed by atoms with Gasteiger partial charge >= 0.3 is 0 Å². The second kappa shape index (κ2) is 39.1. The van der Waals surface area contributed by atoms with Gasteiger partial charge in [0.25, 0.3) is 29.5 Å². The second-order valence-corrected chi connectivity index (χ2v) is 31.0. The maximum atomic E-state index is 13.1. The first-order valence-corrected chi connectivity index (χ1v) is 42.1. The molecule has 34 heteroatoms. The van der Waals surface area contributed by atoms with Crippen molar-refractivity contribution in [2.45, 2.75) is 6.92 Å². The molecule has 19 rings (SSSR count). The summed E-state index contributed by atoms with van der Waals surface area (Å²) in [7, 11) is 0. The number of fused-ring (bicyclic) bond motifs is 7. The summed E-state index contributed by atoms with van der Waals surface area (Å²) in [5.74, 6) is -5.28. The lowest BCUT2D eigenvalue weighted by Gasteiger charge is -2.11. The zero-order valence-corrected chi connectivity index (χ0v) is 71.2. The van der Waals surface area contributed by atoms with E-state index < -0.39 is 41.4 Å². The number of aromatic hydroxyl groups is 4. The number of benzene rings is 15. The van der Waals surface area contributed by atoms with Crippen LogP contribution in [-0.4, -0.2) is 74.9 Å². The van der Waals surface area contributed by atoms with Crippen molar-refractivity contribution in [3.8, 4) is 23.0 Å². The molecule has 31 nitrogen and oxygen atoms in total. The summed E-state index contributed by atoms with van der Waals surface area (Å²) in [6.45, 7) is 9.01. The number of hydrogen-bond donors (Lipinski definition) is 11. The quantitative estimate of drug-likeness (QED) is 0.0265. The molecule has 14 N–H and O–H groups in total. The number of phenolic OH excluding ortho intramolecular Hbond substituents is 4. The molecule has 4 heterocycles. The number of azo groups is 4. The molecule has 19 aromatic rings. The van der Waals surface area contributed by atoms with Crippen LogP contribution in [0.25, 0.3) is 80.7 Å². The first-order chi connectivity index (χ1) is 64.1. The number of carbonyl (C=O) groups excluding carboxylic acids is 7. The van der Waals surface area contributed by atoms with Gasteiger partial charge in [0.1, 0.15) is 34.0 Å². The minimum atomic E-state index is -0.796. The van der Waals surface area contributed by atoms with E-state index in [1.165, 1.54) is 35.8 Å². The summed E-state index contributed by atoms with van der Waals surface area (Å²) >= 11 is 3.37. The number of aryl methyl sites for hydroxylation is 1. The molecular formula is C98H67N19O12S3. The molecule has 15 aromatic carbocycles. The number of nitrogens with zero attached hydrogens (tertiary/aromatic N) is 12. The zero-order valence-electron chi connectivity index (χ0n) is 68.7. The normalized spacial score (nSPS) is 11.2. The predicted octanol–water partition coefficient (Wildman–Crippen LogP) is 24.4. The smallest absolute Gasteiger partial charge is 0.286 e. The number of primary amides is 3. The van der Waals surface area contributed by atoms with Crippen LogP contribution >= 0.6 is 34.6 Å². The first-order valence-electron chi connectivity index (χ1n) is 39.8. The van der Waals surface area contributed by atoms with E-state index in [1.807, 2.05) is 115 Å². The number of para-hydroxylation sites is 4. The van der Waals surface area contributed by atoms with E-state index in [0.717, 1.165) is 44.7 Å². The van der Waals surface area contributed by atoms with Crippen molar-refractivity contribution in [2.75, 3.05) is 21.3 Å². The van der Waals surface area contributed by atoms with Crippen molar-refractivity contribution >= 4 is 224 Å². The average molecular weight is 1800 g/mol. The third kappa shape index (κ3) is 19.1. The zero-order chi connectivity index (χ0) is 92.1. The lowest BCUT2D eigenvalue weighted by atomic mass is 10.0. The van der Waals surface area contributed by atoms with Crippen LogP contribution in [0.5, 0.6) is 23.0 Å².